The number of carbonyl (C=O) groups excluding carboxylic acids is 1. The number of Topliss-reactive ketones (excluding diaryl/α,β-unsaturated/α-hetero) is 1. The molecule has 0 saturated carbocycles. The molecule has 1 aromatic rings. The lowest BCUT2D eigenvalue weighted by atomic mass is 9.90. The first-order valence-electron chi connectivity index (χ1n) is 4.05. The summed E-state index contributed by atoms with van der Waals surface area (Å²) in [6.45, 7) is 0. The molecule has 0 spiro atoms. The van der Waals surface area contributed by atoms with Crippen LogP contribution in [0.4, 0.5) is 4.39 Å². The Hall–Kier alpha value is -1.18. The van der Waals surface area contributed by atoms with Crippen LogP contribution in [0.2, 0.25) is 0 Å². The van der Waals surface area contributed by atoms with E-state index in [0.717, 1.165) is 5.56 Å². The first-order valence-corrected chi connectivity index (χ1v) is 4.05. The van der Waals surface area contributed by atoms with Crippen LogP contribution < -0.4 is 0 Å². The molecule has 1 aromatic carbocycles. The molecule has 2 heteroatoms. The van der Waals surface area contributed by atoms with Crippen molar-refractivity contribution in [3.05, 3.63) is 35.4 Å². The van der Waals surface area contributed by atoms with Gasteiger partial charge in [0.2, 0.25) is 0 Å². The highest BCUT2D eigenvalue weighted by Crippen LogP contribution is 2.22. The number of carbonyl (C=O) groups is 1. The van der Waals surface area contributed by atoms with Crippen molar-refractivity contribution in [1.29, 1.82) is 0 Å². The third-order valence-corrected chi connectivity index (χ3v) is 2.23. The summed E-state index contributed by atoms with van der Waals surface area (Å²) in [5, 5.41) is 0. The van der Waals surface area contributed by atoms with E-state index in [2.05, 4.69) is 0 Å². The van der Waals surface area contributed by atoms with Crippen LogP contribution in [0.1, 0.15) is 22.3 Å². The molecule has 0 amide bonds. The van der Waals surface area contributed by atoms with Crippen molar-refractivity contribution in [3.63, 3.8) is 0 Å². The second-order valence-electron chi connectivity index (χ2n) is 3.03. The second-order valence-corrected chi connectivity index (χ2v) is 3.03. The Morgan fingerprint density at radius 1 is 1.33 bits per heavy atom. The number of hydrogen-bond acceptors (Lipinski definition) is 1. The summed E-state index contributed by atoms with van der Waals surface area (Å²) in [7, 11) is 0. The molecule has 0 radical (unpaired) electrons. The minimum atomic E-state index is -1.28. The molecule has 1 atom stereocenters. The fraction of sp³-hybridized carbons (Fsp3) is 0.300. The van der Waals surface area contributed by atoms with E-state index in [1.807, 2.05) is 12.1 Å². The normalized spacial score (nSPS) is 22.1. The van der Waals surface area contributed by atoms with Gasteiger partial charge in [0.05, 0.1) is 0 Å². The van der Waals surface area contributed by atoms with E-state index >= 15 is 0 Å². The molecule has 0 bridgehead atoms. The average molecular weight is 164 g/mol. The average Bonchev–Trinajstić information content (AvgIpc) is 2.12. The molecule has 0 N–H and O–H groups in total. The van der Waals surface area contributed by atoms with E-state index in [9.17, 15) is 9.18 Å². The van der Waals surface area contributed by atoms with Crippen molar-refractivity contribution < 1.29 is 9.18 Å². The van der Waals surface area contributed by atoms with Crippen LogP contribution in [0, 0.1) is 0 Å². The van der Waals surface area contributed by atoms with Gasteiger partial charge in [-0.2, -0.15) is 0 Å². The van der Waals surface area contributed by atoms with Gasteiger partial charge in [-0.25, -0.2) is 4.39 Å². The van der Waals surface area contributed by atoms with Gasteiger partial charge in [0.1, 0.15) is 0 Å². The number of hydrogen-bond donors (Lipinski definition) is 0. The minimum Gasteiger partial charge on any atom is -0.291 e. The van der Waals surface area contributed by atoms with Gasteiger partial charge < -0.3 is 0 Å². The number of aryl methyl sites for hydroxylation is 1. The molecule has 0 fully saturated rings. The van der Waals surface area contributed by atoms with Gasteiger partial charge in [-0.1, -0.05) is 24.3 Å². The lowest BCUT2D eigenvalue weighted by Crippen LogP contribution is -2.23. The number of halogens is 1. The summed E-state index contributed by atoms with van der Waals surface area (Å²) in [6, 6.07) is 7.24. The van der Waals surface area contributed by atoms with Crippen molar-refractivity contribution >= 4 is 5.78 Å². The quantitative estimate of drug-likeness (QED) is 0.574. The number of ketones is 1. The zero-order valence-corrected chi connectivity index (χ0v) is 6.59. The highest BCUT2D eigenvalue weighted by atomic mass is 19.1. The number of rotatable bonds is 0. The fourth-order valence-corrected chi connectivity index (χ4v) is 1.56. The number of benzene rings is 1. The second kappa shape index (κ2) is 2.70. The predicted molar refractivity (Wildman–Crippen MR) is 44.0 cm³/mol. The summed E-state index contributed by atoms with van der Waals surface area (Å²) in [5.74, 6) is -0.350. The van der Waals surface area contributed by atoms with E-state index in [1.165, 1.54) is 0 Å². The van der Waals surface area contributed by atoms with E-state index in [4.69, 9.17) is 0 Å². The van der Waals surface area contributed by atoms with E-state index in [0.29, 0.717) is 18.4 Å². The van der Waals surface area contributed by atoms with Gasteiger partial charge in [0, 0.05) is 5.56 Å². The van der Waals surface area contributed by atoms with Gasteiger partial charge >= 0.3 is 0 Å². The SMILES string of the molecule is O=C1c2ccccc2CC[C@@H]1F. The third-order valence-electron chi connectivity index (χ3n) is 2.23. The van der Waals surface area contributed by atoms with Gasteiger partial charge in [0.25, 0.3) is 0 Å². The van der Waals surface area contributed by atoms with Crippen LogP contribution in [0.3, 0.4) is 0 Å². The Morgan fingerprint density at radius 3 is 2.92 bits per heavy atom. The van der Waals surface area contributed by atoms with Crippen molar-refractivity contribution in [3.8, 4) is 0 Å². The van der Waals surface area contributed by atoms with Crippen molar-refractivity contribution in [2.75, 3.05) is 0 Å². The maximum absolute atomic E-state index is 12.9. The Kier molecular flexibility index (Phi) is 1.68. The highest BCUT2D eigenvalue weighted by Gasteiger charge is 2.25. The number of alkyl halides is 1. The van der Waals surface area contributed by atoms with Crippen LogP contribution in [-0.4, -0.2) is 12.0 Å². The molecular formula is C10H9FO. The largest absolute Gasteiger partial charge is 0.291 e. The van der Waals surface area contributed by atoms with Crippen LogP contribution in [0.15, 0.2) is 24.3 Å². The third kappa shape index (κ3) is 1.04. The maximum Gasteiger partial charge on any atom is 0.197 e. The van der Waals surface area contributed by atoms with Crippen molar-refractivity contribution in [1.82, 2.24) is 0 Å². The smallest absolute Gasteiger partial charge is 0.197 e. The predicted octanol–water partition coefficient (Wildman–Crippen LogP) is 2.15. The van der Waals surface area contributed by atoms with Crippen molar-refractivity contribution in [2.24, 2.45) is 0 Å². The molecule has 1 aliphatic rings. The van der Waals surface area contributed by atoms with Crippen LogP contribution in [0.25, 0.3) is 0 Å². The monoisotopic (exact) mass is 164 g/mol. The summed E-state index contributed by atoms with van der Waals surface area (Å²) in [4.78, 5) is 11.2. The standard InChI is InChI=1S/C10H9FO/c11-9-6-5-7-3-1-2-4-8(7)10(9)12/h1-4,9H,5-6H2/t9-/m0/s1. The Labute approximate surface area is 70.2 Å². The zero-order chi connectivity index (χ0) is 8.55. The first-order chi connectivity index (χ1) is 5.79. The van der Waals surface area contributed by atoms with Crippen LogP contribution in [-0.2, 0) is 6.42 Å². The van der Waals surface area contributed by atoms with Crippen LogP contribution >= 0.6 is 0 Å². The summed E-state index contributed by atoms with van der Waals surface area (Å²) >= 11 is 0. The molecule has 2 rings (SSSR count). The van der Waals surface area contributed by atoms with E-state index < -0.39 is 6.17 Å². The van der Waals surface area contributed by atoms with E-state index in [1.54, 1.807) is 12.1 Å². The molecule has 0 aliphatic heterocycles. The zero-order valence-electron chi connectivity index (χ0n) is 6.59. The molecule has 12 heavy (non-hydrogen) atoms. The fourth-order valence-electron chi connectivity index (χ4n) is 1.56. The van der Waals surface area contributed by atoms with Gasteiger partial charge in [-0.05, 0) is 18.4 Å². The van der Waals surface area contributed by atoms with Gasteiger partial charge in [0.15, 0.2) is 12.0 Å². The van der Waals surface area contributed by atoms with Gasteiger partial charge in [-0.15, -0.1) is 0 Å². The Morgan fingerprint density at radius 2 is 2.08 bits per heavy atom. The molecular weight excluding hydrogens is 155 g/mol. The molecule has 62 valence electrons. The van der Waals surface area contributed by atoms with Crippen molar-refractivity contribution in [2.45, 2.75) is 19.0 Å². The lowest BCUT2D eigenvalue weighted by molar-refractivity contribution is 0.0856. The molecule has 0 saturated heterocycles. The first kappa shape index (κ1) is 7.47. The molecule has 1 nitrogen and oxygen atoms in total. The maximum atomic E-state index is 12.9. The lowest BCUT2D eigenvalue weighted by Gasteiger charge is -2.16. The Balaban J connectivity index is 2.49. The summed E-state index contributed by atoms with van der Waals surface area (Å²) in [6.07, 6.45) is -0.251. The minimum absolute atomic E-state index is 0.343. The summed E-state index contributed by atoms with van der Waals surface area (Å²) in [5.41, 5.74) is 1.55. The van der Waals surface area contributed by atoms with E-state index in [-0.39, 0.29) is 5.78 Å². The molecule has 0 heterocycles. The molecule has 1 aliphatic carbocycles. The highest BCUT2D eigenvalue weighted by molar-refractivity contribution is 6.01. The number of fused-ring (bicyclic) bond motifs is 1. The Bertz CT molecular complexity index is 319. The molecule has 0 unspecified atom stereocenters. The van der Waals surface area contributed by atoms with Crippen LogP contribution in [0.5, 0.6) is 0 Å². The topological polar surface area (TPSA) is 17.1 Å². The molecule has 0 aromatic heterocycles. The van der Waals surface area contributed by atoms with Gasteiger partial charge in [-0.3, -0.25) is 4.79 Å². The summed E-state index contributed by atoms with van der Waals surface area (Å²) < 4.78 is 12.9.